The van der Waals surface area contributed by atoms with Gasteiger partial charge in [0.15, 0.2) is 6.10 Å². The van der Waals surface area contributed by atoms with Crippen molar-refractivity contribution in [3.63, 3.8) is 0 Å². The van der Waals surface area contributed by atoms with Gasteiger partial charge in [-0.2, -0.15) is 10.4 Å². The Morgan fingerprint density at radius 2 is 2.04 bits per heavy atom. The lowest BCUT2D eigenvalue weighted by molar-refractivity contribution is -0.122. The summed E-state index contributed by atoms with van der Waals surface area (Å²) in [5.74, 6) is 1.02. The summed E-state index contributed by atoms with van der Waals surface area (Å²) in [4.78, 5) is 12.3. The summed E-state index contributed by atoms with van der Waals surface area (Å²) in [6.45, 7) is 5.82. The average Bonchev–Trinajstić information content (AvgIpc) is 2.87. The maximum atomic E-state index is 12.3. The van der Waals surface area contributed by atoms with Crippen LogP contribution in [-0.2, 0) is 11.8 Å². The van der Waals surface area contributed by atoms with E-state index in [0.717, 1.165) is 5.56 Å². The van der Waals surface area contributed by atoms with Crippen molar-refractivity contribution in [1.82, 2.24) is 9.78 Å². The molecule has 0 radical (unpaired) electrons. The summed E-state index contributed by atoms with van der Waals surface area (Å²) in [6.07, 6.45) is 0.714. The van der Waals surface area contributed by atoms with Crippen molar-refractivity contribution in [3.05, 3.63) is 41.6 Å². The minimum atomic E-state index is -0.698. The number of para-hydroxylation sites is 1. The second-order valence-corrected chi connectivity index (χ2v) is 5.58. The minimum Gasteiger partial charge on any atom is -0.481 e. The van der Waals surface area contributed by atoms with E-state index in [1.54, 1.807) is 14.0 Å². The number of aromatic nitrogens is 2. The van der Waals surface area contributed by atoms with Gasteiger partial charge in [-0.1, -0.05) is 32.0 Å². The van der Waals surface area contributed by atoms with Gasteiger partial charge in [0.2, 0.25) is 0 Å². The van der Waals surface area contributed by atoms with E-state index in [1.165, 1.54) is 10.9 Å². The number of anilines is 1. The molecule has 120 valence electrons. The van der Waals surface area contributed by atoms with Crippen molar-refractivity contribution in [2.75, 3.05) is 5.32 Å². The van der Waals surface area contributed by atoms with E-state index < -0.39 is 6.10 Å². The van der Waals surface area contributed by atoms with E-state index in [-0.39, 0.29) is 5.91 Å². The van der Waals surface area contributed by atoms with Gasteiger partial charge >= 0.3 is 0 Å². The molecule has 1 aromatic carbocycles. The molecular weight excluding hydrogens is 292 g/mol. The Labute approximate surface area is 135 Å². The minimum absolute atomic E-state index is 0.295. The van der Waals surface area contributed by atoms with Crippen molar-refractivity contribution >= 4 is 11.7 Å². The maximum absolute atomic E-state index is 12.3. The lowest BCUT2D eigenvalue weighted by Gasteiger charge is -2.18. The SMILES string of the molecule is CC(Oc1ccccc1C(C)C)C(=O)Nc1c(C#N)cnn1C. The largest absolute Gasteiger partial charge is 0.481 e. The highest BCUT2D eigenvalue weighted by molar-refractivity contribution is 5.94. The smallest absolute Gasteiger partial charge is 0.266 e. The predicted molar refractivity (Wildman–Crippen MR) is 87.2 cm³/mol. The molecule has 0 spiro atoms. The lowest BCUT2D eigenvalue weighted by Crippen LogP contribution is -2.31. The Hall–Kier alpha value is -2.81. The molecular formula is C17H20N4O2. The number of ether oxygens (including phenoxy) is 1. The molecule has 1 atom stereocenters. The second-order valence-electron chi connectivity index (χ2n) is 5.58. The van der Waals surface area contributed by atoms with E-state index in [0.29, 0.717) is 23.0 Å². The van der Waals surface area contributed by atoms with Crippen LogP contribution < -0.4 is 10.1 Å². The zero-order valence-electron chi connectivity index (χ0n) is 13.7. The number of hydrogen-bond donors (Lipinski definition) is 1. The molecule has 0 aliphatic rings. The lowest BCUT2D eigenvalue weighted by atomic mass is 10.0. The van der Waals surface area contributed by atoms with E-state index in [9.17, 15) is 4.79 Å². The van der Waals surface area contributed by atoms with Crippen LogP contribution in [-0.4, -0.2) is 21.8 Å². The highest BCUT2D eigenvalue weighted by atomic mass is 16.5. The molecule has 0 aliphatic carbocycles. The Morgan fingerprint density at radius 1 is 1.35 bits per heavy atom. The summed E-state index contributed by atoms with van der Waals surface area (Å²) < 4.78 is 7.26. The fraction of sp³-hybridized carbons (Fsp3) is 0.353. The fourth-order valence-electron chi connectivity index (χ4n) is 2.19. The molecule has 1 amide bonds. The molecule has 1 heterocycles. The zero-order valence-corrected chi connectivity index (χ0v) is 13.7. The van der Waals surface area contributed by atoms with Crippen molar-refractivity contribution in [3.8, 4) is 11.8 Å². The Morgan fingerprint density at radius 3 is 2.70 bits per heavy atom. The first kappa shape index (κ1) is 16.6. The predicted octanol–water partition coefficient (Wildman–Crippen LogP) is 2.82. The average molecular weight is 312 g/mol. The number of aryl methyl sites for hydroxylation is 1. The van der Waals surface area contributed by atoms with Gasteiger partial charge in [-0.05, 0) is 24.5 Å². The molecule has 1 unspecified atom stereocenters. The zero-order chi connectivity index (χ0) is 17.0. The number of carbonyl (C=O) groups excluding carboxylic acids is 1. The van der Waals surface area contributed by atoms with Crippen LogP contribution in [0.2, 0.25) is 0 Å². The number of amides is 1. The van der Waals surface area contributed by atoms with Crippen LogP contribution in [0.3, 0.4) is 0 Å². The van der Waals surface area contributed by atoms with Crippen LogP contribution in [0.1, 0.15) is 37.8 Å². The first-order valence-electron chi connectivity index (χ1n) is 7.42. The first-order valence-corrected chi connectivity index (χ1v) is 7.42. The third kappa shape index (κ3) is 3.69. The standard InChI is InChI=1S/C17H20N4O2/c1-11(2)14-7-5-6-8-15(14)23-12(3)17(22)20-16-13(9-18)10-19-21(16)4/h5-8,10-12H,1-4H3,(H,20,22). The molecule has 6 nitrogen and oxygen atoms in total. The van der Waals surface area contributed by atoms with Crippen molar-refractivity contribution < 1.29 is 9.53 Å². The second kappa shape index (κ2) is 6.97. The molecule has 0 fully saturated rings. The molecule has 2 rings (SSSR count). The van der Waals surface area contributed by atoms with Gasteiger partial charge in [0.05, 0.1) is 6.20 Å². The number of carbonyl (C=O) groups is 1. The molecule has 1 N–H and O–H groups in total. The summed E-state index contributed by atoms with van der Waals surface area (Å²) >= 11 is 0. The molecule has 0 saturated carbocycles. The Bertz CT molecular complexity index is 743. The monoisotopic (exact) mass is 312 g/mol. The van der Waals surface area contributed by atoms with Gasteiger partial charge < -0.3 is 10.1 Å². The summed E-state index contributed by atoms with van der Waals surface area (Å²) in [5.41, 5.74) is 1.36. The van der Waals surface area contributed by atoms with Gasteiger partial charge in [-0.3, -0.25) is 9.48 Å². The van der Waals surface area contributed by atoms with Crippen molar-refractivity contribution in [2.24, 2.45) is 7.05 Å². The van der Waals surface area contributed by atoms with Crippen molar-refractivity contribution in [1.29, 1.82) is 5.26 Å². The van der Waals surface area contributed by atoms with E-state index in [2.05, 4.69) is 24.3 Å². The van der Waals surface area contributed by atoms with E-state index in [1.807, 2.05) is 30.3 Å². The van der Waals surface area contributed by atoms with Gasteiger partial charge in [0.1, 0.15) is 23.2 Å². The van der Waals surface area contributed by atoms with Crippen LogP contribution in [0.15, 0.2) is 30.5 Å². The third-order valence-corrected chi connectivity index (χ3v) is 3.51. The molecule has 0 saturated heterocycles. The van der Waals surface area contributed by atoms with Crippen LogP contribution >= 0.6 is 0 Å². The molecule has 6 heteroatoms. The van der Waals surface area contributed by atoms with Crippen molar-refractivity contribution in [2.45, 2.75) is 32.8 Å². The molecule has 23 heavy (non-hydrogen) atoms. The van der Waals surface area contributed by atoms with Gasteiger partial charge in [0, 0.05) is 7.05 Å². The normalized spacial score (nSPS) is 11.8. The number of rotatable bonds is 5. The summed E-state index contributed by atoms with van der Waals surface area (Å²) in [5, 5.41) is 15.7. The van der Waals surface area contributed by atoms with Gasteiger partial charge in [0.25, 0.3) is 5.91 Å². The van der Waals surface area contributed by atoms with Crippen LogP contribution in [0.25, 0.3) is 0 Å². The Balaban J connectivity index is 2.12. The number of nitrogens with zero attached hydrogens (tertiary/aromatic N) is 3. The highest BCUT2D eigenvalue weighted by Crippen LogP contribution is 2.27. The number of nitrogens with one attached hydrogen (secondary N) is 1. The first-order chi connectivity index (χ1) is 10.9. The third-order valence-electron chi connectivity index (χ3n) is 3.51. The van der Waals surface area contributed by atoms with Crippen LogP contribution in [0.4, 0.5) is 5.82 Å². The van der Waals surface area contributed by atoms with Gasteiger partial charge in [-0.25, -0.2) is 0 Å². The molecule has 1 aromatic heterocycles. The molecule has 0 aliphatic heterocycles. The Kier molecular flexibility index (Phi) is 5.02. The quantitative estimate of drug-likeness (QED) is 0.920. The maximum Gasteiger partial charge on any atom is 0.266 e. The van der Waals surface area contributed by atoms with E-state index in [4.69, 9.17) is 10.00 Å². The van der Waals surface area contributed by atoms with E-state index >= 15 is 0 Å². The summed E-state index contributed by atoms with van der Waals surface area (Å²) in [7, 11) is 1.66. The van der Waals surface area contributed by atoms with Gasteiger partial charge in [-0.15, -0.1) is 0 Å². The topological polar surface area (TPSA) is 79.9 Å². The summed E-state index contributed by atoms with van der Waals surface area (Å²) in [6, 6.07) is 9.65. The van der Waals surface area contributed by atoms with Crippen LogP contribution in [0, 0.1) is 11.3 Å². The molecule has 2 aromatic rings. The highest BCUT2D eigenvalue weighted by Gasteiger charge is 2.20. The fourth-order valence-corrected chi connectivity index (χ4v) is 2.19. The van der Waals surface area contributed by atoms with Crippen LogP contribution in [0.5, 0.6) is 5.75 Å². The number of nitriles is 1. The number of hydrogen-bond acceptors (Lipinski definition) is 4. The number of benzene rings is 1. The molecule has 0 bridgehead atoms.